The van der Waals surface area contributed by atoms with Crippen LogP contribution in [-0.4, -0.2) is 82.3 Å². The number of likely N-dealkylation sites (N-methyl/N-ethyl adjacent to an activating group) is 1. The van der Waals surface area contributed by atoms with Crippen LogP contribution in [0.5, 0.6) is 0 Å². The number of carbonyl (C=O) groups is 3. The number of unbranched alkanes of at least 4 members (excludes halogenated alkanes) is 28. The van der Waals surface area contributed by atoms with Crippen LogP contribution in [0.25, 0.3) is 0 Å². The fourth-order valence-electron chi connectivity index (χ4n) is 11.1. The van der Waals surface area contributed by atoms with E-state index in [-0.39, 0.29) is 38.6 Å². The minimum absolute atomic E-state index is 0.138. The first-order valence-corrected chi connectivity index (χ1v) is 41.6. The van der Waals surface area contributed by atoms with Gasteiger partial charge in [0.15, 0.2) is 12.4 Å². The molecule has 103 heavy (non-hydrogen) atoms. The molecule has 0 aromatic rings. The van der Waals surface area contributed by atoms with E-state index in [1.807, 2.05) is 21.1 Å². The van der Waals surface area contributed by atoms with Gasteiger partial charge in [0.2, 0.25) is 0 Å². The van der Waals surface area contributed by atoms with E-state index < -0.39 is 24.3 Å². The maximum atomic E-state index is 13.0. The van der Waals surface area contributed by atoms with E-state index in [1.54, 1.807) is 0 Å². The minimum atomic E-state index is -1.64. The van der Waals surface area contributed by atoms with Crippen molar-refractivity contribution in [3.8, 4) is 0 Å². The summed E-state index contributed by atoms with van der Waals surface area (Å²) in [6, 6.07) is 0. The number of carbonyl (C=O) groups excluding carboxylic acids is 3. The van der Waals surface area contributed by atoms with Crippen molar-refractivity contribution >= 4 is 17.9 Å². The van der Waals surface area contributed by atoms with Gasteiger partial charge in [0.25, 0.3) is 0 Å². The van der Waals surface area contributed by atoms with Crippen LogP contribution in [0.4, 0.5) is 0 Å². The smallest absolute Gasteiger partial charge is 0.306 e. The van der Waals surface area contributed by atoms with Crippen LogP contribution in [-0.2, 0) is 33.3 Å². The Morgan fingerprint density at radius 3 is 0.777 bits per heavy atom. The van der Waals surface area contributed by atoms with Gasteiger partial charge in [-0.15, -0.1) is 0 Å². The summed E-state index contributed by atoms with van der Waals surface area (Å²) in [5, 5.41) is 11.9. The molecule has 0 saturated carbocycles. The van der Waals surface area contributed by atoms with E-state index in [9.17, 15) is 19.5 Å². The molecule has 0 aliphatic heterocycles. The Bertz CT molecular complexity index is 2410. The lowest BCUT2D eigenvalue weighted by molar-refractivity contribution is -0.870. The highest BCUT2D eigenvalue weighted by atomic mass is 16.7. The molecule has 2 unspecified atom stereocenters. The number of esters is 2. The van der Waals surface area contributed by atoms with Gasteiger partial charge in [0.1, 0.15) is 13.2 Å². The number of quaternary nitrogens is 1. The van der Waals surface area contributed by atoms with Crippen molar-refractivity contribution < 1.29 is 42.9 Å². The van der Waals surface area contributed by atoms with E-state index in [0.29, 0.717) is 17.4 Å². The fraction of sp³-hybridized carbons (Fsp3) is 0.628. The number of hydrogen-bond donors (Lipinski definition) is 0. The van der Waals surface area contributed by atoms with Crippen LogP contribution in [0.1, 0.15) is 322 Å². The van der Waals surface area contributed by atoms with Crippen LogP contribution < -0.4 is 5.11 Å². The molecular weight excluding hydrogens is 1270 g/mol. The average molecular weight is 1430 g/mol. The lowest BCUT2D eigenvalue weighted by Crippen LogP contribution is -2.44. The number of aliphatic carboxylic acids is 1. The molecular formula is C94H153NO8. The molecule has 0 N–H and O–H groups in total. The van der Waals surface area contributed by atoms with Crippen LogP contribution >= 0.6 is 0 Å². The number of ether oxygens (including phenoxy) is 4. The third kappa shape index (κ3) is 83.3. The zero-order valence-electron chi connectivity index (χ0n) is 66.6. The summed E-state index contributed by atoms with van der Waals surface area (Å²) >= 11 is 0. The van der Waals surface area contributed by atoms with Gasteiger partial charge in [0, 0.05) is 12.8 Å². The molecule has 0 aromatic carbocycles. The summed E-state index contributed by atoms with van der Waals surface area (Å²) in [4.78, 5) is 37.6. The molecule has 0 aliphatic rings. The Hall–Kier alpha value is -5.87. The Labute approximate surface area is 633 Å². The van der Waals surface area contributed by atoms with Crippen LogP contribution in [0, 0.1) is 0 Å². The average Bonchev–Trinajstić information content (AvgIpc) is 1.01. The molecule has 0 aliphatic carbocycles. The van der Waals surface area contributed by atoms with Crippen molar-refractivity contribution in [2.45, 2.75) is 334 Å². The molecule has 0 saturated heterocycles. The first-order valence-electron chi connectivity index (χ1n) is 41.6. The molecule has 0 heterocycles. The summed E-state index contributed by atoms with van der Waals surface area (Å²) in [7, 11) is 5.93. The minimum Gasteiger partial charge on any atom is -0.545 e. The molecule has 2 atom stereocenters. The summed E-state index contributed by atoms with van der Waals surface area (Å²) in [5.41, 5.74) is 0. The molecule has 0 aromatic heterocycles. The number of allylic oxidation sites excluding steroid dienone is 32. The van der Waals surface area contributed by atoms with Crippen molar-refractivity contribution in [1.82, 2.24) is 0 Å². The predicted molar refractivity (Wildman–Crippen MR) is 444 cm³/mol. The Kier molecular flexibility index (Phi) is 77.1. The highest BCUT2D eigenvalue weighted by molar-refractivity contribution is 5.70. The first-order chi connectivity index (χ1) is 50.6. The standard InChI is InChI=1S/C94H153NO8/c1-6-8-10-12-14-16-18-20-22-24-26-28-30-32-34-36-38-40-42-44-45-46-47-49-51-53-55-57-59-61-63-65-67-69-71-73-75-77-79-81-83-85-92(97)103-90(89-102-94(93(98)99)100-87-86-95(3,4)5)88-101-91(96)84-82-80-78-76-74-72-70-68-66-64-62-60-58-56-54-52-50-48-43-41-39-37-35-33-31-29-27-25-23-21-19-17-15-13-11-9-7-2/h8-11,14-17,20-23,26-29,32-35,38,40,44-45,47,49,53,55,59,61,65,67,90,94H,6-7,12-13,18-19,24-25,30-31,36-37,39,41-43,46,48,50-52,54,56-58,60,62-64,66,68-89H2,1-5H3/b10-8-,11-9-,16-14-,17-15-,22-20-,23-21-,28-26-,29-27-,34-32-,35-33-,40-38-,45-44-,49-47-,55-53-,61-59-,67-65-. The van der Waals surface area contributed by atoms with Crippen molar-refractivity contribution in [3.63, 3.8) is 0 Å². The predicted octanol–water partition coefficient (Wildman–Crippen LogP) is 25.9. The second kappa shape index (κ2) is 81.8. The van der Waals surface area contributed by atoms with Crippen LogP contribution in [0.3, 0.4) is 0 Å². The van der Waals surface area contributed by atoms with Gasteiger partial charge in [-0.05, 0) is 141 Å². The SMILES string of the molecule is CC/C=C\C/C=C\C/C=C\C/C=C\C/C=C\C/C=C\C/C=C\C/C=C\C/C=C\C/C=C\C/C=C\CCCCCCCCCC(=O)OC(COC(=O)CCCCCCCCCCCCCCCCCCCCCCC/C=C\C/C=C\C/C=C\C/C=C\C/C=C\CC)COC(OCC[N+](C)(C)C)C(=O)[O-]. The van der Waals surface area contributed by atoms with E-state index >= 15 is 0 Å². The molecule has 0 amide bonds. The Morgan fingerprint density at radius 1 is 0.291 bits per heavy atom. The third-order valence-corrected chi connectivity index (χ3v) is 17.3. The Balaban J connectivity index is 4.10. The Morgan fingerprint density at radius 2 is 0.524 bits per heavy atom. The van der Waals surface area contributed by atoms with E-state index in [2.05, 4.69) is 208 Å². The summed E-state index contributed by atoms with van der Waals surface area (Å²) < 4.78 is 22.9. The number of rotatable bonds is 75. The van der Waals surface area contributed by atoms with Gasteiger partial charge in [-0.2, -0.15) is 0 Å². The van der Waals surface area contributed by atoms with Crippen LogP contribution in [0.2, 0.25) is 0 Å². The second-order valence-corrected chi connectivity index (χ2v) is 28.3. The molecule has 0 spiro atoms. The monoisotopic (exact) mass is 1420 g/mol. The fourth-order valence-corrected chi connectivity index (χ4v) is 11.1. The largest absolute Gasteiger partial charge is 0.545 e. The van der Waals surface area contributed by atoms with Crippen LogP contribution in [0.15, 0.2) is 194 Å². The van der Waals surface area contributed by atoms with Gasteiger partial charge < -0.3 is 33.3 Å². The lowest BCUT2D eigenvalue weighted by Gasteiger charge is -2.26. The number of carboxylic acid groups (broad SMARTS) is 1. The van der Waals surface area contributed by atoms with E-state index in [1.165, 1.54) is 141 Å². The third-order valence-electron chi connectivity index (χ3n) is 17.3. The molecule has 582 valence electrons. The van der Waals surface area contributed by atoms with Crippen molar-refractivity contribution in [3.05, 3.63) is 194 Å². The van der Waals surface area contributed by atoms with Gasteiger partial charge in [-0.3, -0.25) is 9.59 Å². The number of nitrogens with zero attached hydrogens (tertiary/aromatic N) is 1. The molecule has 0 rings (SSSR count). The lowest BCUT2D eigenvalue weighted by atomic mass is 10.0. The molecule has 9 heteroatoms. The maximum absolute atomic E-state index is 13.0. The normalized spacial score (nSPS) is 13.7. The first kappa shape index (κ1) is 97.1. The number of hydrogen-bond acceptors (Lipinski definition) is 8. The topological polar surface area (TPSA) is 111 Å². The molecule has 0 bridgehead atoms. The maximum Gasteiger partial charge on any atom is 0.306 e. The summed E-state index contributed by atoms with van der Waals surface area (Å²) in [6.07, 6.45) is 123. The van der Waals surface area contributed by atoms with Crippen molar-refractivity contribution in [2.75, 3.05) is 47.5 Å². The molecule has 0 radical (unpaired) electrons. The number of carboxylic acids is 1. The van der Waals surface area contributed by atoms with Gasteiger partial charge in [-0.25, -0.2) is 0 Å². The molecule has 0 fully saturated rings. The van der Waals surface area contributed by atoms with Gasteiger partial charge in [0.05, 0.1) is 40.3 Å². The van der Waals surface area contributed by atoms with E-state index in [0.717, 1.165) is 148 Å². The quantitative estimate of drug-likeness (QED) is 0.0195. The summed E-state index contributed by atoms with van der Waals surface area (Å²) in [5.74, 6) is -2.30. The summed E-state index contributed by atoms with van der Waals surface area (Å²) in [6.45, 7) is 4.51. The highest BCUT2D eigenvalue weighted by Gasteiger charge is 2.22. The van der Waals surface area contributed by atoms with Gasteiger partial charge in [-0.1, -0.05) is 362 Å². The highest BCUT2D eigenvalue weighted by Crippen LogP contribution is 2.18. The van der Waals surface area contributed by atoms with Gasteiger partial charge >= 0.3 is 11.9 Å². The van der Waals surface area contributed by atoms with Crippen molar-refractivity contribution in [1.29, 1.82) is 0 Å². The zero-order valence-corrected chi connectivity index (χ0v) is 66.6. The van der Waals surface area contributed by atoms with E-state index in [4.69, 9.17) is 18.9 Å². The van der Waals surface area contributed by atoms with Crippen molar-refractivity contribution in [2.24, 2.45) is 0 Å². The molecule has 9 nitrogen and oxygen atoms in total. The zero-order chi connectivity index (χ0) is 74.6. The second-order valence-electron chi connectivity index (χ2n) is 28.3.